The zero-order chi connectivity index (χ0) is 25.0. The number of ether oxygens (including phenoxy) is 2. The van der Waals surface area contributed by atoms with Gasteiger partial charge in [-0.25, -0.2) is 9.59 Å². The van der Waals surface area contributed by atoms with Gasteiger partial charge in [-0.3, -0.25) is 4.79 Å². The summed E-state index contributed by atoms with van der Waals surface area (Å²) in [6.45, 7) is 2.35. The van der Waals surface area contributed by atoms with Crippen LogP contribution in [0.1, 0.15) is 49.7 Å². The Labute approximate surface area is 205 Å². The normalized spacial score (nSPS) is 19.7. The Morgan fingerprint density at radius 1 is 1.11 bits per heavy atom. The van der Waals surface area contributed by atoms with Crippen molar-refractivity contribution in [3.8, 4) is 11.1 Å². The summed E-state index contributed by atoms with van der Waals surface area (Å²) in [5.74, 6) is -1.43. The molecule has 0 spiro atoms. The number of hydrogen-bond donors (Lipinski definition) is 2. The van der Waals surface area contributed by atoms with E-state index in [-0.39, 0.29) is 31.5 Å². The second-order valence-electron chi connectivity index (χ2n) is 9.20. The average Bonchev–Trinajstić information content (AvgIpc) is 3.43. The van der Waals surface area contributed by atoms with Gasteiger partial charge >= 0.3 is 12.1 Å². The van der Waals surface area contributed by atoms with Crippen LogP contribution in [0.4, 0.5) is 4.79 Å². The van der Waals surface area contributed by atoms with E-state index in [2.05, 4.69) is 29.6 Å². The van der Waals surface area contributed by atoms with Crippen molar-refractivity contribution in [1.82, 2.24) is 10.2 Å². The van der Waals surface area contributed by atoms with Gasteiger partial charge in [-0.1, -0.05) is 55.5 Å². The Kier molecular flexibility index (Phi) is 7.40. The number of nitrogens with one attached hydrogen (secondary N) is 1. The number of carboxylic acid groups (broad SMARTS) is 1. The van der Waals surface area contributed by atoms with E-state index >= 15 is 0 Å². The third kappa shape index (κ3) is 4.75. The maximum absolute atomic E-state index is 13.0. The van der Waals surface area contributed by atoms with E-state index in [1.807, 2.05) is 31.2 Å². The molecule has 8 nitrogen and oxygen atoms in total. The minimum Gasteiger partial charge on any atom is -0.479 e. The summed E-state index contributed by atoms with van der Waals surface area (Å²) in [5, 5.41) is 12.6. The molecule has 8 heteroatoms. The lowest BCUT2D eigenvalue weighted by Gasteiger charge is -2.35. The van der Waals surface area contributed by atoms with Crippen molar-refractivity contribution in [3.05, 3.63) is 59.7 Å². The van der Waals surface area contributed by atoms with Gasteiger partial charge in [0.25, 0.3) is 0 Å². The molecule has 1 fully saturated rings. The highest BCUT2D eigenvalue weighted by Gasteiger charge is 2.50. The topological polar surface area (TPSA) is 105 Å². The van der Waals surface area contributed by atoms with Crippen molar-refractivity contribution in [1.29, 1.82) is 0 Å². The zero-order valence-electron chi connectivity index (χ0n) is 20.2. The molecule has 4 rings (SSSR count). The molecule has 1 unspecified atom stereocenters. The maximum Gasteiger partial charge on any atom is 0.407 e. The van der Waals surface area contributed by atoms with E-state index in [0.29, 0.717) is 25.8 Å². The van der Waals surface area contributed by atoms with Crippen LogP contribution in [0.15, 0.2) is 48.5 Å². The number of nitrogens with zero attached hydrogens (tertiary/aromatic N) is 1. The molecule has 2 atom stereocenters. The molecule has 1 aliphatic heterocycles. The van der Waals surface area contributed by atoms with Gasteiger partial charge in [-0.15, -0.1) is 0 Å². The Morgan fingerprint density at radius 3 is 2.31 bits per heavy atom. The Balaban J connectivity index is 1.37. The molecule has 2 amide bonds. The Morgan fingerprint density at radius 2 is 1.74 bits per heavy atom. The third-order valence-electron chi connectivity index (χ3n) is 7.15. The first kappa shape index (κ1) is 24.7. The van der Waals surface area contributed by atoms with Crippen molar-refractivity contribution >= 4 is 18.0 Å². The number of amides is 2. The number of hydrogen-bond acceptors (Lipinski definition) is 5. The van der Waals surface area contributed by atoms with Crippen molar-refractivity contribution in [2.45, 2.75) is 50.1 Å². The van der Waals surface area contributed by atoms with Gasteiger partial charge < -0.3 is 24.8 Å². The average molecular weight is 481 g/mol. The summed E-state index contributed by atoms with van der Waals surface area (Å²) in [4.78, 5) is 39.1. The van der Waals surface area contributed by atoms with E-state index in [0.717, 1.165) is 22.3 Å². The fraction of sp³-hybridized carbons (Fsp3) is 0.444. The first-order valence-electron chi connectivity index (χ1n) is 12.1. The number of fused-ring (bicyclic) bond motifs is 3. The summed E-state index contributed by atoms with van der Waals surface area (Å²) in [7, 11) is 1.43. The van der Waals surface area contributed by atoms with Crippen LogP contribution in [0, 0.1) is 0 Å². The van der Waals surface area contributed by atoms with Crippen molar-refractivity contribution < 1.29 is 29.0 Å². The van der Waals surface area contributed by atoms with Gasteiger partial charge in [0.1, 0.15) is 6.61 Å². The number of rotatable bonds is 9. The standard InChI is InChI=1S/C27H32N2O6/c1-3-18(15-24(30)29-14-8-13-27(29,17-34-2)25(31)32)28-26(33)35-16-23-21-11-6-4-9-19(21)20-10-5-7-12-22(20)23/h4-7,9-12,18,23H,3,8,13-17H2,1-2H3,(H,28,33)(H,31,32)/t18-,27?/m1/s1. The van der Waals surface area contributed by atoms with E-state index in [4.69, 9.17) is 9.47 Å². The number of carbonyl (C=O) groups is 3. The molecule has 2 aliphatic rings. The van der Waals surface area contributed by atoms with Crippen LogP contribution in [-0.4, -0.2) is 66.4 Å². The number of alkyl carbamates (subject to hydrolysis) is 1. The summed E-state index contributed by atoms with van der Waals surface area (Å²) >= 11 is 0. The lowest BCUT2D eigenvalue weighted by molar-refractivity contribution is -0.160. The third-order valence-corrected chi connectivity index (χ3v) is 7.15. The molecule has 0 saturated carbocycles. The van der Waals surface area contributed by atoms with Crippen LogP contribution in [0.3, 0.4) is 0 Å². The van der Waals surface area contributed by atoms with Gasteiger partial charge in [-0.05, 0) is 41.5 Å². The summed E-state index contributed by atoms with van der Waals surface area (Å²) in [6.07, 6.45) is 0.860. The largest absolute Gasteiger partial charge is 0.479 e. The fourth-order valence-electron chi connectivity index (χ4n) is 5.34. The molecular weight excluding hydrogens is 448 g/mol. The Bertz CT molecular complexity index is 1060. The lowest BCUT2D eigenvalue weighted by Crippen LogP contribution is -2.57. The maximum atomic E-state index is 13.0. The first-order valence-corrected chi connectivity index (χ1v) is 12.1. The smallest absolute Gasteiger partial charge is 0.407 e. The van der Waals surface area contributed by atoms with Gasteiger partial charge in [0, 0.05) is 32.0 Å². The molecule has 2 N–H and O–H groups in total. The van der Waals surface area contributed by atoms with Crippen LogP contribution in [0.5, 0.6) is 0 Å². The second-order valence-corrected chi connectivity index (χ2v) is 9.20. The van der Waals surface area contributed by atoms with E-state index in [1.165, 1.54) is 12.0 Å². The first-order chi connectivity index (χ1) is 16.9. The van der Waals surface area contributed by atoms with E-state index in [1.54, 1.807) is 0 Å². The predicted molar refractivity (Wildman–Crippen MR) is 130 cm³/mol. The van der Waals surface area contributed by atoms with Gasteiger partial charge in [-0.2, -0.15) is 0 Å². The highest BCUT2D eigenvalue weighted by atomic mass is 16.5. The molecule has 0 aromatic heterocycles. The monoisotopic (exact) mass is 480 g/mol. The summed E-state index contributed by atoms with van der Waals surface area (Å²) in [5.41, 5.74) is 3.20. The number of likely N-dealkylation sites (tertiary alicyclic amines) is 1. The molecule has 0 bridgehead atoms. The molecule has 1 heterocycles. The molecular formula is C27H32N2O6. The minimum absolute atomic E-state index is 0.000556. The predicted octanol–water partition coefficient (Wildman–Crippen LogP) is 3.79. The molecule has 1 saturated heterocycles. The van der Waals surface area contributed by atoms with E-state index < -0.39 is 23.6 Å². The van der Waals surface area contributed by atoms with Crippen LogP contribution in [0.25, 0.3) is 11.1 Å². The number of carboxylic acids is 1. The minimum atomic E-state index is -1.35. The highest BCUT2D eigenvalue weighted by molar-refractivity contribution is 5.88. The van der Waals surface area contributed by atoms with E-state index in [9.17, 15) is 19.5 Å². The van der Waals surface area contributed by atoms with Crippen molar-refractivity contribution in [3.63, 3.8) is 0 Å². The summed E-state index contributed by atoms with van der Waals surface area (Å²) in [6, 6.07) is 15.8. The molecule has 0 radical (unpaired) electrons. The number of methoxy groups -OCH3 is 1. The quantitative estimate of drug-likeness (QED) is 0.566. The molecule has 2 aromatic carbocycles. The Hall–Kier alpha value is -3.39. The highest BCUT2D eigenvalue weighted by Crippen LogP contribution is 2.44. The number of carbonyl (C=O) groups excluding carboxylic acids is 2. The number of aliphatic carboxylic acids is 1. The fourth-order valence-corrected chi connectivity index (χ4v) is 5.34. The van der Waals surface area contributed by atoms with Gasteiger partial charge in [0.15, 0.2) is 5.54 Å². The van der Waals surface area contributed by atoms with Crippen molar-refractivity contribution in [2.75, 3.05) is 26.9 Å². The van der Waals surface area contributed by atoms with Gasteiger partial charge in [0.2, 0.25) is 5.91 Å². The van der Waals surface area contributed by atoms with Crippen LogP contribution >= 0.6 is 0 Å². The number of benzene rings is 2. The van der Waals surface area contributed by atoms with Gasteiger partial charge in [0.05, 0.1) is 6.61 Å². The lowest BCUT2D eigenvalue weighted by atomic mass is 9.96. The molecule has 35 heavy (non-hydrogen) atoms. The SMILES string of the molecule is CC[C@H](CC(=O)N1CCCC1(COC)C(=O)O)NC(=O)OCC1c2ccccc2-c2ccccc21. The second kappa shape index (κ2) is 10.5. The van der Waals surface area contributed by atoms with Crippen LogP contribution in [-0.2, 0) is 19.1 Å². The van der Waals surface area contributed by atoms with Crippen LogP contribution < -0.4 is 5.32 Å². The molecule has 1 aliphatic carbocycles. The molecule has 186 valence electrons. The molecule has 2 aromatic rings. The van der Waals surface area contributed by atoms with Crippen LogP contribution in [0.2, 0.25) is 0 Å². The summed E-state index contributed by atoms with van der Waals surface area (Å²) < 4.78 is 10.7. The zero-order valence-corrected chi connectivity index (χ0v) is 20.2. The van der Waals surface area contributed by atoms with Crippen molar-refractivity contribution in [2.24, 2.45) is 0 Å².